The lowest BCUT2D eigenvalue weighted by atomic mass is 9.47. The van der Waals surface area contributed by atoms with Crippen molar-refractivity contribution in [3.63, 3.8) is 0 Å². The molecule has 2 fully saturated rings. The van der Waals surface area contributed by atoms with Crippen molar-refractivity contribution in [2.24, 2.45) is 28.1 Å². The maximum absolute atomic E-state index is 13.5. The van der Waals surface area contributed by atoms with Gasteiger partial charge in [0.05, 0.1) is 18.4 Å². The summed E-state index contributed by atoms with van der Waals surface area (Å²) in [5.41, 5.74) is -0.534. The van der Waals surface area contributed by atoms with Crippen LogP contribution in [0, 0.1) is 28.1 Å². The van der Waals surface area contributed by atoms with Crippen LogP contribution in [0.3, 0.4) is 0 Å². The molecule has 3 N–H and O–H groups in total. The zero-order chi connectivity index (χ0) is 25.8. The van der Waals surface area contributed by atoms with E-state index < -0.39 is 16.9 Å². The van der Waals surface area contributed by atoms with Gasteiger partial charge in [-0.15, -0.1) is 11.3 Å². The molecule has 0 aromatic carbocycles. The maximum Gasteiger partial charge on any atom is 0.231 e. The van der Waals surface area contributed by atoms with E-state index in [-0.39, 0.29) is 35.7 Å². The summed E-state index contributed by atoms with van der Waals surface area (Å²) < 4.78 is 0. The quantitative estimate of drug-likeness (QED) is 0.569. The lowest BCUT2D eigenvalue weighted by molar-refractivity contribution is -0.147. The number of carbonyl (C=O) groups is 2. The summed E-state index contributed by atoms with van der Waals surface area (Å²) in [6.07, 6.45) is 3.94. The third-order valence-electron chi connectivity index (χ3n) is 9.31. The van der Waals surface area contributed by atoms with Crippen molar-refractivity contribution in [1.29, 1.82) is 0 Å². The smallest absolute Gasteiger partial charge is 0.231 e. The van der Waals surface area contributed by atoms with E-state index in [0.717, 1.165) is 42.9 Å². The zero-order valence-electron chi connectivity index (χ0n) is 22.2. The van der Waals surface area contributed by atoms with Crippen LogP contribution in [0.15, 0.2) is 0 Å². The highest BCUT2D eigenvalue weighted by Gasteiger charge is 2.59. The molecule has 35 heavy (non-hydrogen) atoms. The predicted molar refractivity (Wildman–Crippen MR) is 138 cm³/mol. The summed E-state index contributed by atoms with van der Waals surface area (Å²) >= 11 is 1.48. The van der Waals surface area contributed by atoms with Gasteiger partial charge >= 0.3 is 0 Å². The second-order valence-corrected chi connectivity index (χ2v) is 13.9. The Kier molecular flexibility index (Phi) is 7.14. The van der Waals surface area contributed by atoms with E-state index in [4.69, 9.17) is 4.98 Å². The van der Waals surface area contributed by atoms with E-state index in [1.807, 2.05) is 32.6 Å². The molecule has 2 heterocycles. The Morgan fingerprint density at radius 2 is 1.86 bits per heavy atom. The average Bonchev–Trinajstić information content (AvgIpc) is 3.19. The van der Waals surface area contributed by atoms with E-state index in [1.54, 1.807) is 0 Å². The van der Waals surface area contributed by atoms with Gasteiger partial charge in [0.2, 0.25) is 11.8 Å². The first kappa shape index (κ1) is 26.6. The fourth-order valence-electron chi connectivity index (χ4n) is 6.55. The Balaban J connectivity index is 1.70. The number of fused-ring (bicyclic) bond motifs is 2. The van der Waals surface area contributed by atoms with Crippen molar-refractivity contribution in [2.45, 2.75) is 92.1 Å². The number of likely N-dealkylation sites (tertiary alicyclic amines) is 1. The zero-order valence-corrected chi connectivity index (χ0v) is 23.0. The highest BCUT2D eigenvalue weighted by atomic mass is 32.1. The van der Waals surface area contributed by atoms with Gasteiger partial charge in [-0.05, 0) is 49.4 Å². The molecule has 5 atom stereocenters. The van der Waals surface area contributed by atoms with Gasteiger partial charge < -0.3 is 20.4 Å². The molecule has 4 rings (SSSR count). The van der Waals surface area contributed by atoms with Crippen LogP contribution in [-0.4, -0.2) is 57.7 Å². The van der Waals surface area contributed by atoms with Gasteiger partial charge in [-0.3, -0.25) is 9.59 Å². The second kappa shape index (κ2) is 9.42. The van der Waals surface area contributed by atoms with Crippen molar-refractivity contribution in [2.75, 3.05) is 25.0 Å². The molecule has 1 aromatic heterocycles. The van der Waals surface area contributed by atoms with Crippen molar-refractivity contribution in [1.82, 2.24) is 9.88 Å². The van der Waals surface area contributed by atoms with Crippen LogP contribution in [0.25, 0.3) is 0 Å². The summed E-state index contributed by atoms with van der Waals surface area (Å²) in [6.45, 7) is 13.6. The fraction of sp³-hybridized carbons (Fsp3) is 0.815. The number of nitrogens with one attached hydrogen (secondary N) is 1. The molecule has 1 aromatic rings. The summed E-state index contributed by atoms with van der Waals surface area (Å²) in [7, 11) is 0. The first-order chi connectivity index (χ1) is 16.3. The molecule has 2 aliphatic carbocycles. The van der Waals surface area contributed by atoms with Gasteiger partial charge in [0, 0.05) is 41.1 Å². The summed E-state index contributed by atoms with van der Waals surface area (Å²) in [6, 6.07) is 0. The lowest BCUT2D eigenvalue weighted by Crippen LogP contribution is -2.57. The third-order valence-corrected chi connectivity index (χ3v) is 10.3. The summed E-state index contributed by atoms with van der Waals surface area (Å²) in [4.78, 5) is 34.2. The molecule has 1 aliphatic heterocycles. The van der Waals surface area contributed by atoms with Gasteiger partial charge in [0.25, 0.3) is 0 Å². The van der Waals surface area contributed by atoms with Crippen molar-refractivity contribution < 1.29 is 19.8 Å². The Hall–Kier alpha value is -1.51. The number of anilines is 1. The number of hydrogen-bond donors (Lipinski definition) is 3. The SMILES string of the molecule is CC1CCN(C(=O)C[C@@H]2c3nc(NC(=O)C(C)(C)C)sc3C[C@@H]3[C@](C)(CO)[C@H](O)CC[C@]32C)CC1. The normalized spacial score (nSPS) is 33.7. The van der Waals surface area contributed by atoms with Crippen LogP contribution in [0.1, 0.15) is 90.1 Å². The van der Waals surface area contributed by atoms with E-state index in [1.165, 1.54) is 11.3 Å². The van der Waals surface area contributed by atoms with Crippen LogP contribution in [0.4, 0.5) is 5.13 Å². The van der Waals surface area contributed by atoms with Crippen LogP contribution in [-0.2, 0) is 16.0 Å². The number of thiazole rings is 1. The van der Waals surface area contributed by atoms with Crippen LogP contribution in [0.2, 0.25) is 0 Å². The van der Waals surface area contributed by atoms with E-state index in [2.05, 4.69) is 19.2 Å². The molecule has 8 heteroatoms. The standard InChI is InChI=1S/C27H43N3O4S/c1-16-8-11-30(12-9-16)21(33)13-17-22-18(35-24(28-22)29-23(34)25(2,3)4)14-19-26(17,5)10-7-20(32)27(19,6)15-31/h16-17,19-20,31-32H,7-15H2,1-6H3,(H,28,29,34)/t17-,19+,20-,26+,27+/m1/s1. The van der Waals surface area contributed by atoms with Crippen molar-refractivity contribution in [3.05, 3.63) is 10.6 Å². The Morgan fingerprint density at radius 1 is 1.20 bits per heavy atom. The topological polar surface area (TPSA) is 103 Å². The van der Waals surface area contributed by atoms with Gasteiger partial charge in [-0.1, -0.05) is 41.5 Å². The molecule has 1 saturated heterocycles. The first-order valence-electron chi connectivity index (χ1n) is 13.2. The molecule has 0 spiro atoms. The number of carbonyl (C=O) groups excluding carboxylic acids is 2. The molecular formula is C27H43N3O4S. The molecule has 0 radical (unpaired) electrons. The van der Waals surface area contributed by atoms with Gasteiger partial charge in [-0.2, -0.15) is 0 Å². The number of aliphatic hydroxyl groups excluding tert-OH is 2. The van der Waals surface area contributed by atoms with Gasteiger partial charge in [-0.25, -0.2) is 4.98 Å². The highest BCUT2D eigenvalue weighted by Crippen LogP contribution is 2.63. The minimum atomic E-state index is -0.647. The van der Waals surface area contributed by atoms with E-state index in [0.29, 0.717) is 30.3 Å². The number of aliphatic hydroxyl groups is 2. The van der Waals surface area contributed by atoms with Crippen LogP contribution >= 0.6 is 11.3 Å². The number of nitrogens with zero attached hydrogens (tertiary/aromatic N) is 2. The fourth-order valence-corrected chi connectivity index (χ4v) is 7.61. The summed E-state index contributed by atoms with van der Waals surface area (Å²) in [5.74, 6) is 0.637. The minimum Gasteiger partial charge on any atom is -0.396 e. The van der Waals surface area contributed by atoms with Crippen LogP contribution < -0.4 is 5.32 Å². The Morgan fingerprint density at radius 3 is 2.46 bits per heavy atom. The molecule has 1 saturated carbocycles. The monoisotopic (exact) mass is 505 g/mol. The van der Waals surface area contributed by atoms with E-state index in [9.17, 15) is 19.8 Å². The number of amides is 2. The Bertz CT molecular complexity index is 964. The van der Waals surface area contributed by atoms with Crippen molar-refractivity contribution >= 4 is 28.3 Å². The molecule has 196 valence electrons. The largest absolute Gasteiger partial charge is 0.396 e. The van der Waals surface area contributed by atoms with Crippen LogP contribution in [0.5, 0.6) is 0 Å². The number of rotatable bonds is 4. The Labute approximate surface area is 213 Å². The average molecular weight is 506 g/mol. The highest BCUT2D eigenvalue weighted by molar-refractivity contribution is 7.15. The number of hydrogen-bond acceptors (Lipinski definition) is 6. The molecule has 7 nitrogen and oxygen atoms in total. The molecule has 2 amide bonds. The lowest BCUT2D eigenvalue weighted by Gasteiger charge is -2.58. The van der Waals surface area contributed by atoms with E-state index >= 15 is 0 Å². The predicted octanol–water partition coefficient (Wildman–Crippen LogP) is 4.19. The molecule has 3 aliphatic rings. The first-order valence-corrected chi connectivity index (χ1v) is 14.0. The number of piperidine rings is 1. The number of aromatic nitrogens is 1. The summed E-state index contributed by atoms with van der Waals surface area (Å²) in [5, 5.41) is 24.9. The second-order valence-electron chi connectivity index (χ2n) is 12.8. The molecule has 0 unspecified atom stereocenters. The third kappa shape index (κ3) is 4.78. The maximum atomic E-state index is 13.5. The molecular weight excluding hydrogens is 462 g/mol. The van der Waals surface area contributed by atoms with Crippen molar-refractivity contribution in [3.8, 4) is 0 Å². The molecule has 0 bridgehead atoms. The minimum absolute atomic E-state index is 0.0158. The van der Waals surface area contributed by atoms with Gasteiger partial charge in [0.15, 0.2) is 5.13 Å². The van der Waals surface area contributed by atoms with Gasteiger partial charge in [0.1, 0.15) is 0 Å².